The second-order valence-corrected chi connectivity index (χ2v) is 10.5. The van der Waals surface area contributed by atoms with Gasteiger partial charge in [0.2, 0.25) is 0 Å². The van der Waals surface area contributed by atoms with Gasteiger partial charge in [0.1, 0.15) is 0 Å². The molecule has 8 saturated carbocycles. The second kappa shape index (κ2) is 3.33. The molecule has 0 aromatic rings. The normalized spacial score (nSPS) is 69.2. The predicted molar refractivity (Wildman–Crippen MR) is 81.1 cm³/mol. The minimum atomic E-state index is 0.772. The summed E-state index contributed by atoms with van der Waals surface area (Å²) >= 11 is 0. The van der Waals surface area contributed by atoms with E-state index in [4.69, 9.17) is 0 Å². The third-order valence-corrected chi connectivity index (χ3v) is 9.34. The van der Waals surface area contributed by atoms with Gasteiger partial charge in [-0.15, -0.1) is 0 Å². The Kier molecular flexibility index (Phi) is 1.92. The molecule has 5 unspecified atom stereocenters. The van der Waals surface area contributed by atoms with Gasteiger partial charge in [-0.25, -0.2) is 0 Å². The first kappa shape index (κ1) is 11.6. The van der Waals surface area contributed by atoms with Gasteiger partial charge in [-0.05, 0) is 116 Å². The van der Waals surface area contributed by atoms with Gasteiger partial charge in [-0.1, -0.05) is 6.92 Å². The van der Waals surface area contributed by atoms with Crippen LogP contribution >= 0.6 is 0 Å². The van der Waals surface area contributed by atoms with Gasteiger partial charge in [0.15, 0.2) is 0 Å². The first-order chi connectivity index (χ1) is 9.65. The maximum Gasteiger partial charge on any atom is -0.0228 e. The summed E-state index contributed by atoms with van der Waals surface area (Å²) < 4.78 is 0. The molecule has 0 heteroatoms. The summed E-state index contributed by atoms with van der Waals surface area (Å²) in [7, 11) is 0. The molecule has 0 amide bonds. The van der Waals surface area contributed by atoms with Crippen LogP contribution in [0.4, 0.5) is 0 Å². The molecule has 0 aromatic heterocycles. The molecule has 8 bridgehead atoms. The van der Waals surface area contributed by atoms with Crippen LogP contribution in [0.15, 0.2) is 0 Å². The van der Waals surface area contributed by atoms with Crippen LogP contribution in [0.1, 0.15) is 71.1 Å². The summed E-state index contributed by atoms with van der Waals surface area (Å²) in [6.07, 6.45) is 16.4. The van der Waals surface area contributed by atoms with E-state index in [0.29, 0.717) is 0 Å². The van der Waals surface area contributed by atoms with E-state index in [9.17, 15) is 0 Å². The zero-order chi connectivity index (χ0) is 13.1. The molecule has 0 spiro atoms. The molecular formula is C20H30. The molecule has 110 valence electrons. The smallest absolute Gasteiger partial charge is 0.0228 e. The van der Waals surface area contributed by atoms with Crippen molar-refractivity contribution in [3.63, 3.8) is 0 Å². The van der Waals surface area contributed by atoms with Crippen molar-refractivity contribution in [1.29, 1.82) is 0 Å². The Bertz CT molecular complexity index is 435. The number of rotatable bonds is 1. The third-order valence-electron chi connectivity index (χ3n) is 9.34. The molecule has 8 rings (SSSR count). The van der Waals surface area contributed by atoms with E-state index in [1.807, 2.05) is 0 Å². The average Bonchev–Trinajstić information content (AvgIpc) is 2.71. The second-order valence-electron chi connectivity index (χ2n) is 10.5. The number of hydrogen-bond acceptors (Lipinski definition) is 0. The van der Waals surface area contributed by atoms with Crippen molar-refractivity contribution in [3.8, 4) is 0 Å². The largest absolute Gasteiger partial charge is 0.0593 e. The van der Waals surface area contributed by atoms with E-state index in [1.165, 1.54) is 5.92 Å². The van der Waals surface area contributed by atoms with Crippen molar-refractivity contribution in [2.75, 3.05) is 0 Å². The zero-order valence-electron chi connectivity index (χ0n) is 13.1. The molecule has 8 aliphatic rings. The van der Waals surface area contributed by atoms with Crippen LogP contribution in [0.25, 0.3) is 0 Å². The SMILES string of the molecule is CC12CC3CC(CC(C3)C1C13CC4CC(CC1C4)C3)C2. The molecular weight excluding hydrogens is 240 g/mol. The number of hydrogen-bond donors (Lipinski definition) is 0. The molecule has 0 nitrogen and oxygen atoms in total. The molecule has 8 aliphatic carbocycles. The zero-order valence-corrected chi connectivity index (χ0v) is 13.1. The highest BCUT2D eigenvalue weighted by Crippen LogP contribution is 2.76. The minimum Gasteiger partial charge on any atom is -0.0593 e. The van der Waals surface area contributed by atoms with Gasteiger partial charge in [0, 0.05) is 0 Å². The van der Waals surface area contributed by atoms with E-state index in [2.05, 4.69) is 6.92 Å². The highest BCUT2D eigenvalue weighted by atomic mass is 14.7. The fourth-order valence-corrected chi connectivity index (χ4v) is 9.98. The van der Waals surface area contributed by atoms with Crippen molar-refractivity contribution in [2.24, 2.45) is 52.3 Å². The van der Waals surface area contributed by atoms with Crippen molar-refractivity contribution >= 4 is 0 Å². The topological polar surface area (TPSA) is 0 Å². The average molecular weight is 270 g/mol. The summed E-state index contributed by atoms with van der Waals surface area (Å²) in [5.74, 6) is 8.08. The maximum atomic E-state index is 2.75. The van der Waals surface area contributed by atoms with Crippen molar-refractivity contribution in [1.82, 2.24) is 0 Å². The Balaban J connectivity index is 1.46. The van der Waals surface area contributed by atoms with Gasteiger partial charge in [0.25, 0.3) is 0 Å². The molecule has 0 aliphatic heterocycles. The Morgan fingerprint density at radius 2 is 1.20 bits per heavy atom. The van der Waals surface area contributed by atoms with E-state index in [-0.39, 0.29) is 0 Å². The monoisotopic (exact) mass is 270 g/mol. The molecule has 0 N–H and O–H groups in total. The van der Waals surface area contributed by atoms with Gasteiger partial charge < -0.3 is 0 Å². The Hall–Kier alpha value is 0. The van der Waals surface area contributed by atoms with Crippen LogP contribution < -0.4 is 0 Å². The van der Waals surface area contributed by atoms with Crippen LogP contribution in [0.5, 0.6) is 0 Å². The summed E-state index contributed by atoms with van der Waals surface area (Å²) in [6, 6.07) is 0. The molecule has 8 fully saturated rings. The Morgan fingerprint density at radius 3 is 1.75 bits per heavy atom. The first-order valence-electron chi connectivity index (χ1n) is 9.65. The minimum absolute atomic E-state index is 0.772. The maximum absolute atomic E-state index is 2.75. The Labute approximate surface area is 124 Å². The van der Waals surface area contributed by atoms with Crippen LogP contribution in [-0.2, 0) is 0 Å². The highest BCUT2D eigenvalue weighted by molar-refractivity contribution is 5.17. The van der Waals surface area contributed by atoms with Gasteiger partial charge in [-0.3, -0.25) is 0 Å². The highest BCUT2D eigenvalue weighted by Gasteiger charge is 2.68. The summed E-state index contributed by atoms with van der Waals surface area (Å²) in [5.41, 5.74) is 1.63. The summed E-state index contributed by atoms with van der Waals surface area (Å²) in [6.45, 7) is 2.75. The molecule has 0 saturated heterocycles. The van der Waals surface area contributed by atoms with Crippen molar-refractivity contribution in [3.05, 3.63) is 0 Å². The van der Waals surface area contributed by atoms with E-state index >= 15 is 0 Å². The lowest BCUT2D eigenvalue weighted by molar-refractivity contribution is -0.160. The third kappa shape index (κ3) is 1.19. The van der Waals surface area contributed by atoms with E-state index < -0.39 is 0 Å². The van der Waals surface area contributed by atoms with Crippen molar-refractivity contribution in [2.45, 2.75) is 71.1 Å². The lowest BCUT2D eigenvalue weighted by Gasteiger charge is -2.65. The molecule has 0 radical (unpaired) electrons. The molecule has 0 heterocycles. The molecule has 0 aromatic carbocycles. The molecule has 5 atom stereocenters. The quantitative estimate of drug-likeness (QED) is 0.608. The fourth-order valence-electron chi connectivity index (χ4n) is 9.98. The van der Waals surface area contributed by atoms with E-state index in [1.54, 1.807) is 64.2 Å². The van der Waals surface area contributed by atoms with Crippen LogP contribution in [0.3, 0.4) is 0 Å². The summed E-state index contributed by atoms with van der Waals surface area (Å²) in [4.78, 5) is 0. The lowest BCUT2D eigenvalue weighted by atomic mass is 9.40. The van der Waals surface area contributed by atoms with Gasteiger partial charge >= 0.3 is 0 Å². The van der Waals surface area contributed by atoms with Crippen molar-refractivity contribution < 1.29 is 0 Å². The van der Waals surface area contributed by atoms with E-state index in [0.717, 1.165) is 46.3 Å². The predicted octanol–water partition coefficient (Wildman–Crippen LogP) is 5.28. The summed E-state index contributed by atoms with van der Waals surface area (Å²) in [5, 5.41) is 0. The van der Waals surface area contributed by atoms with Crippen LogP contribution in [-0.4, -0.2) is 0 Å². The molecule has 20 heavy (non-hydrogen) atoms. The standard InChI is InChI=1S/C20H30/c1-19-8-12-2-13(9-19)5-16(4-12)18(19)20-10-14-3-15(11-20)7-17(20)6-14/h12-18H,2-11H2,1H3. The van der Waals surface area contributed by atoms with Crippen LogP contribution in [0, 0.1) is 52.3 Å². The van der Waals surface area contributed by atoms with Gasteiger partial charge in [0.05, 0.1) is 0 Å². The lowest BCUT2D eigenvalue weighted by Crippen LogP contribution is -2.57. The Morgan fingerprint density at radius 1 is 0.650 bits per heavy atom. The van der Waals surface area contributed by atoms with Crippen LogP contribution in [0.2, 0.25) is 0 Å². The fraction of sp³-hybridized carbons (Fsp3) is 1.00. The first-order valence-corrected chi connectivity index (χ1v) is 9.65. The van der Waals surface area contributed by atoms with Gasteiger partial charge in [-0.2, -0.15) is 0 Å².